The Kier molecular flexibility index (Phi) is 7.79. The zero-order valence-electron chi connectivity index (χ0n) is 15.3. The van der Waals surface area contributed by atoms with Crippen LogP contribution in [-0.4, -0.2) is 43.0 Å². The van der Waals surface area contributed by atoms with Gasteiger partial charge in [0.1, 0.15) is 18.4 Å². The SMILES string of the molecule is COCC(N)C(=O)N(CC(N)=O)Cc1ccc(OCc2ccccc2)cc1. The number of primary amides is 1. The van der Waals surface area contributed by atoms with Gasteiger partial charge in [0, 0.05) is 13.7 Å². The van der Waals surface area contributed by atoms with E-state index >= 15 is 0 Å². The van der Waals surface area contributed by atoms with E-state index in [1.165, 1.54) is 12.0 Å². The summed E-state index contributed by atoms with van der Waals surface area (Å²) in [6.07, 6.45) is 0. The number of nitrogens with zero attached hydrogens (tertiary/aromatic N) is 1. The Morgan fingerprint density at radius 2 is 1.70 bits per heavy atom. The normalized spacial score (nSPS) is 11.6. The second-order valence-electron chi connectivity index (χ2n) is 6.14. The Bertz CT molecular complexity index is 735. The summed E-state index contributed by atoms with van der Waals surface area (Å²) in [5.41, 5.74) is 13.0. The second kappa shape index (κ2) is 10.3. The molecule has 0 spiro atoms. The second-order valence-corrected chi connectivity index (χ2v) is 6.14. The van der Waals surface area contributed by atoms with E-state index in [4.69, 9.17) is 20.9 Å². The van der Waals surface area contributed by atoms with Crippen molar-refractivity contribution in [3.05, 3.63) is 65.7 Å². The van der Waals surface area contributed by atoms with Crippen molar-refractivity contribution in [3.8, 4) is 5.75 Å². The Morgan fingerprint density at radius 3 is 2.30 bits per heavy atom. The molecule has 0 aliphatic carbocycles. The lowest BCUT2D eigenvalue weighted by molar-refractivity contribution is -0.137. The van der Waals surface area contributed by atoms with Gasteiger partial charge in [-0.2, -0.15) is 0 Å². The lowest BCUT2D eigenvalue weighted by Gasteiger charge is -2.24. The van der Waals surface area contributed by atoms with Crippen LogP contribution in [0.5, 0.6) is 5.75 Å². The van der Waals surface area contributed by atoms with Gasteiger partial charge >= 0.3 is 0 Å². The maximum Gasteiger partial charge on any atom is 0.242 e. The molecule has 0 saturated heterocycles. The number of methoxy groups -OCH3 is 1. The molecule has 2 aromatic rings. The molecule has 0 fully saturated rings. The van der Waals surface area contributed by atoms with Gasteiger partial charge in [0.25, 0.3) is 0 Å². The van der Waals surface area contributed by atoms with Crippen molar-refractivity contribution in [2.45, 2.75) is 19.2 Å². The van der Waals surface area contributed by atoms with Crippen molar-refractivity contribution in [2.24, 2.45) is 11.5 Å². The van der Waals surface area contributed by atoms with E-state index in [2.05, 4.69) is 0 Å². The van der Waals surface area contributed by atoms with Gasteiger partial charge in [-0.1, -0.05) is 42.5 Å². The molecule has 0 heterocycles. The van der Waals surface area contributed by atoms with Gasteiger partial charge < -0.3 is 25.8 Å². The number of amides is 2. The number of hydrogen-bond donors (Lipinski definition) is 2. The maximum absolute atomic E-state index is 12.4. The lowest BCUT2D eigenvalue weighted by atomic mass is 10.1. The van der Waals surface area contributed by atoms with Gasteiger partial charge in [-0.3, -0.25) is 9.59 Å². The summed E-state index contributed by atoms with van der Waals surface area (Å²) in [6.45, 7) is 0.555. The smallest absolute Gasteiger partial charge is 0.242 e. The molecule has 144 valence electrons. The van der Waals surface area contributed by atoms with Gasteiger partial charge in [-0.05, 0) is 23.3 Å². The minimum atomic E-state index is -0.845. The molecular weight excluding hydrogens is 346 g/mol. The van der Waals surface area contributed by atoms with E-state index in [0.717, 1.165) is 11.1 Å². The van der Waals surface area contributed by atoms with Crippen LogP contribution in [0.4, 0.5) is 0 Å². The summed E-state index contributed by atoms with van der Waals surface area (Å²) in [4.78, 5) is 25.0. The van der Waals surface area contributed by atoms with E-state index in [1.54, 1.807) is 0 Å². The van der Waals surface area contributed by atoms with Crippen LogP contribution in [0.3, 0.4) is 0 Å². The Morgan fingerprint density at radius 1 is 1.04 bits per heavy atom. The van der Waals surface area contributed by atoms with Crippen LogP contribution in [0.25, 0.3) is 0 Å². The monoisotopic (exact) mass is 371 g/mol. The van der Waals surface area contributed by atoms with Crippen LogP contribution >= 0.6 is 0 Å². The predicted octanol–water partition coefficient (Wildman–Crippen LogP) is 1.05. The van der Waals surface area contributed by atoms with Gasteiger partial charge in [-0.25, -0.2) is 0 Å². The fourth-order valence-electron chi connectivity index (χ4n) is 2.54. The zero-order valence-corrected chi connectivity index (χ0v) is 15.3. The number of rotatable bonds is 10. The van der Waals surface area contributed by atoms with Crippen molar-refractivity contribution in [1.29, 1.82) is 0 Å². The molecule has 1 unspecified atom stereocenters. The minimum Gasteiger partial charge on any atom is -0.489 e. The van der Waals surface area contributed by atoms with Crippen molar-refractivity contribution in [3.63, 3.8) is 0 Å². The number of benzene rings is 2. The molecule has 0 aromatic heterocycles. The summed E-state index contributed by atoms with van der Waals surface area (Å²) in [7, 11) is 1.46. The third-order valence-electron chi connectivity index (χ3n) is 3.87. The average Bonchev–Trinajstić information content (AvgIpc) is 2.67. The highest BCUT2D eigenvalue weighted by Gasteiger charge is 2.22. The fourth-order valence-corrected chi connectivity index (χ4v) is 2.54. The number of hydrogen-bond acceptors (Lipinski definition) is 5. The van der Waals surface area contributed by atoms with E-state index in [1.807, 2.05) is 54.6 Å². The topological polar surface area (TPSA) is 108 Å². The molecule has 0 bridgehead atoms. The standard InChI is InChI=1S/C20H25N3O4/c1-26-14-18(21)20(25)23(12-19(22)24)11-15-7-9-17(10-8-15)27-13-16-5-3-2-4-6-16/h2-10,18H,11-14,21H2,1H3,(H2,22,24). The summed E-state index contributed by atoms with van der Waals surface area (Å²) in [6, 6.07) is 16.3. The molecule has 4 N–H and O–H groups in total. The molecule has 0 aliphatic heterocycles. The maximum atomic E-state index is 12.4. The molecule has 27 heavy (non-hydrogen) atoms. The highest BCUT2D eigenvalue weighted by Crippen LogP contribution is 2.16. The molecule has 2 amide bonds. The fraction of sp³-hybridized carbons (Fsp3) is 0.300. The average molecular weight is 371 g/mol. The van der Waals surface area contributed by atoms with E-state index in [-0.39, 0.29) is 25.6 Å². The molecule has 2 aromatic carbocycles. The van der Waals surface area contributed by atoms with E-state index in [0.29, 0.717) is 12.4 Å². The van der Waals surface area contributed by atoms with E-state index in [9.17, 15) is 9.59 Å². The first-order valence-corrected chi connectivity index (χ1v) is 8.57. The Hall–Kier alpha value is -2.90. The van der Waals surface area contributed by atoms with Crippen LogP contribution in [0.15, 0.2) is 54.6 Å². The first-order chi connectivity index (χ1) is 13.0. The van der Waals surface area contributed by atoms with Crippen molar-refractivity contribution >= 4 is 11.8 Å². The molecule has 0 saturated carbocycles. The predicted molar refractivity (Wildman–Crippen MR) is 102 cm³/mol. The highest BCUT2D eigenvalue weighted by atomic mass is 16.5. The zero-order chi connectivity index (χ0) is 19.6. The first-order valence-electron chi connectivity index (χ1n) is 8.57. The first kappa shape index (κ1) is 20.4. The Balaban J connectivity index is 1.98. The Labute approximate surface area is 158 Å². The number of carbonyl (C=O) groups excluding carboxylic acids is 2. The molecule has 7 heteroatoms. The molecule has 0 radical (unpaired) electrons. The van der Waals surface area contributed by atoms with Crippen LogP contribution in [0.2, 0.25) is 0 Å². The third-order valence-corrected chi connectivity index (χ3v) is 3.87. The van der Waals surface area contributed by atoms with Gasteiger partial charge in [-0.15, -0.1) is 0 Å². The third kappa shape index (κ3) is 6.73. The van der Waals surface area contributed by atoms with Gasteiger partial charge in [0.15, 0.2) is 0 Å². The van der Waals surface area contributed by atoms with Crippen molar-refractivity contribution < 1.29 is 19.1 Å². The summed E-state index contributed by atoms with van der Waals surface area (Å²) < 4.78 is 10.6. The minimum absolute atomic E-state index is 0.0698. The number of ether oxygens (including phenoxy) is 2. The summed E-state index contributed by atoms with van der Waals surface area (Å²) in [5.74, 6) is -0.276. The number of carbonyl (C=O) groups is 2. The van der Waals surface area contributed by atoms with Crippen LogP contribution in [-0.2, 0) is 27.5 Å². The number of nitrogens with two attached hydrogens (primary N) is 2. The largest absolute Gasteiger partial charge is 0.489 e. The molecule has 0 aliphatic rings. The molecule has 7 nitrogen and oxygen atoms in total. The van der Waals surface area contributed by atoms with Crippen molar-refractivity contribution in [1.82, 2.24) is 4.90 Å². The van der Waals surface area contributed by atoms with E-state index < -0.39 is 11.9 Å². The van der Waals surface area contributed by atoms with Gasteiger partial charge in [0.2, 0.25) is 11.8 Å². The molecule has 1 atom stereocenters. The molecular formula is C20H25N3O4. The molecule has 2 rings (SSSR count). The van der Waals surface area contributed by atoms with Crippen LogP contribution < -0.4 is 16.2 Å². The van der Waals surface area contributed by atoms with Crippen LogP contribution in [0, 0.1) is 0 Å². The van der Waals surface area contributed by atoms with Crippen LogP contribution in [0.1, 0.15) is 11.1 Å². The van der Waals surface area contributed by atoms with Gasteiger partial charge in [0.05, 0.1) is 13.2 Å². The lowest BCUT2D eigenvalue weighted by Crippen LogP contribution is -2.48. The summed E-state index contributed by atoms with van der Waals surface area (Å²) in [5, 5.41) is 0. The van der Waals surface area contributed by atoms with Crippen molar-refractivity contribution in [2.75, 3.05) is 20.3 Å². The highest BCUT2D eigenvalue weighted by molar-refractivity contribution is 5.86. The summed E-state index contributed by atoms with van der Waals surface area (Å²) >= 11 is 0. The quantitative estimate of drug-likeness (QED) is 0.649.